The molecule has 4 rings (SSSR count). The molecule has 7 heteroatoms. The number of amides is 1. The minimum atomic E-state index is -0.0657. The lowest BCUT2D eigenvalue weighted by molar-refractivity contribution is -0.116. The van der Waals surface area contributed by atoms with Crippen LogP contribution in [0.3, 0.4) is 0 Å². The highest BCUT2D eigenvalue weighted by Gasteiger charge is 2.19. The third kappa shape index (κ3) is 4.57. The zero-order valence-corrected chi connectivity index (χ0v) is 18.0. The first-order valence-corrected chi connectivity index (χ1v) is 10.8. The molecule has 1 N–H and O–H groups in total. The topological polar surface area (TPSA) is 81.2 Å². The van der Waals surface area contributed by atoms with Crippen LogP contribution in [0.4, 0.5) is 5.69 Å². The second-order valence-corrected chi connectivity index (χ2v) is 8.25. The van der Waals surface area contributed by atoms with E-state index >= 15 is 0 Å². The molecule has 0 saturated heterocycles. The molecule has 0 fully saturated rings. The summed E-state index contributed by atoms with van der Waals surface area (Å²) in [6.07, 6.45) is 0.345. The van der Waals surface area contributed by atoms with Crippen molar-refractivity contribution in [3.63, 3.8) is 0 Å². The average molecular weight is 422 g/mol. The van der Waals surface area contributed by atoms with Crippen molar-refractivity contribution in [2.45, 2.75) is 44.1 Å². The third-order valence-corrected chi connectivity index (χ3v) is 5.83. The van der Waals surface area contributed by atoms with E-state index in [0.717, 1.165) is 28.3 Å². The number of thioether (sulfide) groups is 1. The van der Waals surface area contributed by atoms with Gasteiger partial charge in [0.2, 0.25) is 5.91 Å². The molecule has 2 heterocycles. The van der Waals surface area contributed by atoms with E-state index in [1.807, 2.05) is 57.2 Å². The molecule has 0 bridgehead atoms. The van der Waals surface area contributed by atoms with Crippen molar-refractivity contribution in [1.29, 1.82) is 0 Å². The molecule has 30 heavy (non-hydrogen) atoms. The van der Waals surface area contributed by atoms with Crippen LogP contribution < -0.4 is 5.32 Å². The largest absolute Gasteiger partial charge is 0.431 e. The molecular formula is C23H23N3O3S. The van der Waals surface area contributed by atoms with E-state index in [2.05, 4.69) is 27.6 Å². The predicted molar refractivity (Wildman–Crippen MR) is 118 cm³/mol. The van der Waals surface area contributed by atoms with Gasteiger partial charge >= 0.3 is 0 Å². The first kappa shape index (κ1) is 20.2. The number of rotatable bonds is 7. The number of nitrogens with zero attached hydrogens (tertiary/aromatic N) is 2. The zero-order chi connectivity index (χ0) is 21.1. The van der Waals surface area contributed by atoms with Gasteiger partial charge in [-0.1, -0.05) is 54.2 Å². The number of carbonyl (C=O) groups excluding carboxylic acids is 1. The lowest BCUT2D eigenvalue weighted by Crippen LogP contribution is -2.14. The molecule has 0 radical (unpaired) electrons. The van der Waals surface area contributed by atoms with Crippen molar-refractivity contribution in [2.24, 2.45) is 0 Å². The standard InChI is InChI=1S/C23H23N3O3S/c1-14(22-15(2)26-29-16(22)3)11-21(27)24-18-9-10-20-19(12-18)25-23(28-20)30-13-17-7-5-4-6-8-17/h4-10,12,14H,11,13H2,1-3H3,(H,24,27). The van der Waals surface area contributed by atoms with Gasteiger partial charge in [-0.25, -0.2) is 4.98 Å². The van der Waals surface area contributed by atoms with E-state index in [0.29, 0.717) is 22.9 Å². The minimum Gasteiger partial charge on any atom is -0.431 e. The van der Waals surface area contributed by atoms with E-state index in [9.17, 15) is 4.79 Å². The van der Waals surface area contributed by atoms with Gasteiger partial charge in [0, 0.05) is 23.4 Å². The van der Waals surface area contributed by atoms with Crippen LogP contribution in [0.2, 0.25) is 0 Å². The summed E-state index contributed by atoms with van der Waals surface area (Å²) in [7, 11) is 0. The molecule has 0 spiro atoms. The summed E-state index contributed by atoms with van der Waals surface area (Å²) >= 11 is 1.55. The molecule has 0 saturated carbocycles. The molecular weight excluding hydrogens is 398 g/mol. The van der Waals surface area contributed by atoms with Crippen LogP contribution in [0.25, 0.3) is 11.1 Å². The Balaban J connectivity index is 1.40. The van der Waals surface area contributed by atoms with Gasteiger partial charge in [-0.15, -0.1) is 0 Å². The summed E-state index contributed by atoms with van der Waals surface area (Å²) in [5.74, 6) is 1.51. The number of oxazole rings is 1. The molecule has 0 aliphatic rings. The number of aryl methyl sites for hydroxylation is 2. The van der Waals surface area contributed by atoms with E-state index < -0.39 is 0 Å². The molecule has 1 amide bonds. The van der Waals surface area contributed by atoms with E-state index in [-0.39, 0.29) is 11.8 Å². The Morgan fingerprint density at radius 1 is 1.17 bits per heavy atom. The van der Waals surface area contributed by atoms with Crippen LogP contribution in [0, 0.1) is 13.8 Å². The quantitative estimate of drug-likeness (QED) is 0.377. The van der Waals surface area contributed by atoms with Crippen LogP contribution in [0.1, 0.15) is 41.8 Å². The monoisotopic (exact) mass is 421 g/mol. The van der Waals surface area contributed by atoms with Gasteiger partial charge in [0.05, 0.1) is 5.69 Å². The number of carbonyl (C=O) groups is 1. The lowest BCUT2D eigenvalue weighted by Gasteiger charge is -2.11. The zero-order valence-electron chi connectivity index (χ0n) is 17.1. The van der Waals surface area contributed by atoms with Crippen LogP contribution in [0.5, 0.6) is 0 Å². The number of benzene rings is 2. The molecule has 0 aliphatic heterocycles. The fourth-order valence-corrected chi connectivity index (χ4v) is 4.35. The van der Waals surface area contributed by atoms with Crippen LogP contribution in [-0.2, 0) is 10.5 Å². The highest BCUT2D eigenvalue weighted by molar-refractivity contribution is 7.98. The molecule has 154 valence electrons. The molecule has 6 nitrogen and oxygen atoms in total. The van der Waals surface area contributed by atoms with Gasteiger partial charge < -0.3 is 14.3 Å². The number of anilines is 1. The van der Waals surface area contributed by atoms with Gasteiger partial charge in [-0.3, -0.25) is 4.79 Å². The van der Waals surface area contributed by atoms with Gasteiger partial charge in [-0.05, 0) is 43.5 Å². The summed E-state index contributed by atoms with van der Waals surface area (Å²) in [6, 6.07) is 15.7. The van der Waals surface area contributed by atoms with Crippen molar-refractivity contribution in [3.05, 3.63) is 71.1 Å². The first-order valence-electron chi connectivity index (χ1n) is 9.79. The Hall–Kier alpha value is -3.06. The fraction of sp³-hybridized carbons (Fsp3) is 0.261. The number of hydrogen-bond acceptors (Lipinski definition) is 6. The van der Waals surface area contributed by atoms with Crippen LogP contribution in [-0.4, -0.2) is 16.0 Å². The molecule has 2 aromatic heterocycles. The van der Waals surface area contributed by atoms with Crippen molar-refractivity contribution >= 4 is 34.5 Å². The maximum Gasteiger partial charge on any atom is 0.257 e. The Kier molecular flexibility index (Phi) is 5.90. The maximum absolute atomic E-state index is 12.5. The summed E-state index contributed by atoms with van der Waals surface area (Å²) in [5, 5.41) is 7.54. The van der Waals surface area contributed by atoms with E-state index in [1.165, 1.54) is 5.56 Å². The Morgan fingerprint density at radius 2 is 1.97 bits per heavy atom. The summed E-state index contributed by atoms with van der Waals surface area (Å²) in [6.45, 7) is 5.77. The highest BCUT2D eigenvalue weighted by Crippen LogP contribution is 2.29. The Labute approximate surface area is 179 Å². The van der Waals surface area contributed by atoms with Crippen LogP contribution >= 0.6 is 11.8 Å². The molecule has 2 aromatic carbocycles. The lowest BCUT2D eigenvalue weighted by atomic mass is 9.96. The maximum atomic E-state index is 12.5. The SMILES string of the molecule is Cc1noc(C)c1C(C)CC(=O)Nc1ccc2oc(SCc3ccccc3)nc2c1. The van der Waals surface area contributed by atoms with Crippen molar-refractivity contribution in [1.82, 2.24) is 10.1 Å². The van der Waals surface area contributed by atoms with Gasteiger partial charge in [0.15, 0.2) is 5.58 Å². The molecule has 1 unspecified atom stereocenters. The highest BCUT2D eigenvalue weighted by atomic mass is 32.2. The predicted octanol–water partition coefficient (Wildman–Crippen LogP) is 5.86. The first-order chi connectivity index (χ1) is 14.5. The third-order valence-electron chi connectivity index (χ3n) is 4.93. The van der Waals surface area contributed by atoms with Gasteiger partial charge in [0.1, 0.15) is 11.3 Å². The smallest absolute Gasteiger partial charge is 0.257 e. The minimum absolute atomic E-state index is 0.0213. The van der Waals surface area contributed by atoms with Crippen LogP contribution in [0.15, 0.2) is 62.7 Å². The fourth-order valence-electron chi connectivity index (χ4n) is 3.55. The Morgan fingerprint density at radius 3 is 2.70 bits per heavy atom. The number of nitrogens with one attached hydrogen (secondary N) is 1. The normalized spacial score (nSPS) is 12.2. The van der Waals surface area contributed by atoms with Gasteiger partial charge in [0.25, 0.3) is 5.22 Å². The molecule has 0 aliphatic carbocycles. The average Bonchev–Trinajstić information content (AvgIpc) is 3.29. The van der Waals surface area contributed by atoms with E-state index in [1.54, 1.807) is 11.8 Å². The molecule has 1 atom stereocenters. The second kappa shape index (κ2) is 8.75. The second-order valence-electron chi connectivity index (χ2n) is 7.33. The number of hydrogen-bond donors (Lipinski definition) is 1. The summed E-state index contributed by atoms with van der Waals surface area (Å²) < 4.78 is 11.0. The van der Waals surface area contributed by atoms with Crippen molar-refractivity contribution in [2.75, 3.05) is 5.32 Å². The summed E-state index contributed by atoms with van der Waals surface area (Å²) in [5.41, 5.74) is 5.17. The van der Waals surface area contributed by atoms with Gasteiger partial charge in [-0.2, -0.15) is 0 Å². The Bertz CT molecular complexity index is 1150. The van der Waals surface area contributed by atoms with Crippen molar-refractivity contribution in [3.8, 4) is 0 Å². The van der Waals surface area contributed by atoms with Crippen molar-refractivity contribution < 1.29 is 13.7 Å². The molecule has 4 aromatic rings. The number of aromatic nitrogens is 2. The number of fused-ring (bicyclic) bond motifs is 1. The van der Waals surface area contributed by atoms with E-state index in [4.69, 9.17) is 8.94 Å². The summed E-state index contributed by atoms with van der Waals surface area (Å²) in [4.78, 5) is 17.1.